The monoisotopic (exact) mass is 490 g/mol. The molecule has 0 aromatic carbocycles. The van der Waals surface area contributed by atoms with Crippen molar-refractivity contribution in [3.05, 3.63) is 0 Å². The summed E-state index contributed by atoms with van der Waals surface area (Å²) in [5.41, 5.74) is 0. The molecular formula is C22H43KO7S. The summed E-state index contributed by atoms with van der Waals surface area (Å²) in [6.07, 6.45) is 14.0. The Morgan fingerprint density at radius 3 is 1.55 bits per heavy atom. The Labute approximate surface area is 233 Å². The molecule has 31 heavy (non-hydrogen) atoms. The van der Waals surface area contributed by atoms with Crippen molar-refractivity contribution in [1.82, 2.24) is 0 Å². The largest absolute Gasteiger partial charge is 1.00 e. The molecule has 0 spiro atoms. The van der Waals surface area contributed by atoms with Crippen LogP contribution < -0.4 is 51.4 Å². The summed E-state index contributed by atoms with van der Waals surface area (Å²) in [7, 11) is -4.74. The molecule has 0 radical (unpaired) electrons. The van der Waals surface area contributed by atoms with E-state index in [2.05, 4.69) is 13.8 Å². The Kier molecular flexibility index (Phi) is 24.2. The first-order valence-corrected chi connectivity index (χ1v) is 13.1. The fourth-order valence-electron chi connectivity index (χ4n) is 3.09. The van der Waals surface area contributed by atoms with Crippen LogP contribution in [-0.2, 0) is 29.2 Å². The van der Waals surface area contributed by atoms with Gasteiger partial charge in [-0.1, -0.05) is 90.9 Å². The van der Waals surface area contributed by atoms with Gasteiger partial charge in [0.05, 0.1) is 19.6 Å². The van der Waals surface area contributed by atoms with Crippen LogP contribution in [0.25, 0.3) is 0 Å². The van der Waals surface area contributed by atoms with Crippen molar-refractivity contribution in [1.29, 1.82) is 0 Å². The maximum Gasteiger partial charge on any atom is 1.00 e. The minimum atomic E-state index is -4.74. The number of hydrogen-bond donors (Lipinski definition) is 1. The van der Waals surface area contributed by atoms with Crippen molar-refractivity contribution in [2.24, 2.45) is 0 Å². The van der Waals surface area contributed by atoms with Crippen molar-refractivity contribution < 1.29 is 84.8 Å². The first kappa shape index (κ1) is 33.7. The van der Waals surface area contributed by atoms with E-state index in [1.165, 1.54) is 38.5 Å². The number of rotatable bonds is 20. The Bertz CT molecular complexity index is 558. The number of hydrogen-bond acceptors (Lipinski definition) is 6. The van der Waals surface area contributed by atoms with Gasteiger partial charge in [0.15, 0.2) is 5.25 Å². The summed E-state index contributed by atoms with van der Waals surface area (Å²) in [5.74, 6) is -1.92. The van der Waals surface area contributed by atoms with E-state index in [1.807, 2.05) is 0 Å². The fraction of sp³-hybridized carbons (Fsp3) is 0.909. The smallest absolute Gasteiger partial charge is 1.00 e. The number of unbranched alkanes of at least 4 members (excludes halogenated alkanes) is 12. The molecule has 1 N–H and O–H groups in total. The van der Waals surface area contributed by atoms with Crippen LogP contribution in [0.2, 0.25) is 0 Å². The van der Waals surface area contributed by atoms with Crippen LogP contribution in [0.4, 0.5) is 0 Å². The molecule has 9 heteroatoms. The van der Waals surface area contributed by atoms with E-state index in [0.29, 0.717) is 12.8 Å². The standard InChI is InChI=1S/C22H42O7S.K.H/c1-3-5-7-9-11-13-15-17-28-21(23)19-20(30(25,26)27)22(24)29-18-16-14-12-10-8-6-4-2;;/h20H,3-19H2,1-2H3,(H,25,26,27);;/q;+1;-1. The van der Waals surface area contributed by atoms with E-state index >= 15 is 0 Å². The molecule has 0 aliphatic heterocycles. The van der Waals surface area contributed by atoms with E-state index in [1.54, 1.807) is 0 Å². The normalized spacial score (nSPS) is 12.1. The molecule has 0 amide bonds. The summed E-state index contributed by atoms with van der Waals surface area (Å²) in [4.78, 5) is 23.9. The van der Waals surface area contributed by atoms with Crippen molar-refractivity contribution in [3.8, 4) is 0 Å². The van der Waals surface area contributed by atoms with Crippen LogP contribution in [0.1, 0.15) is 112 Å². The van der Waals surface area contributed by atoms with Gasteiger partial charge >= 0.3 is 63.3 Å². The summed E-state index contributed by atoms with van der Waals surface area (Å²) >= 11 is 0. The van der Waals surface area contributed by atoms with Crippen LogP contribution in [0.3, 0.4) is 0 Å². The van der Waals surface area contributed by atoms with E-state index < -0.39 is 33.7 Å². The molecule has 0 heterocycles. The fourth-order valence-corrected chi connectivity index (χ4v) is 3.75. The Hall–Kier alpha value is 0.486. The SMILES string of the molecule is CCCCCCCCCOC(=O)CC(C(=O)OCCCCCCCCC)S(=O)(=O)O.[H-].[K+]. The Balaban J connectivity index is -0.00000420. The summed E-state index contributed by atoms with van der Waals surface area (Å²) in [5, 5.41) is -1.93. The average molecular weight is 491 g/mol. The molecule has 0 bridgehead atoms. The summed E-state index contributed by atoms with van der Waals surface area (Å²) < 4.78 is 42.3. The second-order valence-corrected chi connectivity index (χ2v) is 9.44. The zero-order chi connectivity index (χ0) is 22.7. The Morgan fingerprint density at radius 2 is 1.13 bits per heavy atom. The van der Waals surface area contributed by atoms with Gasteiger partial charge in [0.2, 0.25) is 0 Å². The van der Waals surface area contributed by atoms with Crippen molar-refractivity contribution in [2.45, 2.75) is 115 Å². The topological polar surface area (TPSA) is 107 Å². The van der Waals surface area contributed by atoms with Gasteiger partial charge in [-0.3, -0.25) is 14.1 Å². The van der Waals surface area contributed by atoms with Crippen LogP contribution in [-0.4, -0.2) is 43.4 Å². The second-order valence-electron chi connectivity index (χ2n) is 7.84. The molecule has 0 aromatic rings. The predicted molar refractivity (Wildman–Crippen MR) is 119 cm³/mol. The molecule has 0 saturated heterocycles. The van der Waals surface area contributed by atoms with Gasteiger partial charge in [0.25, 0.3) is 10.1 Å². The molecule has 7 nitrogen and oxygen atoms in total. The number of ether oxygens (including phenoxy) is 2. The van der Waals surface area contributed by atoms with Gasteiger partial charge in [-0.15, -0.1) is 0 Å². The maximum atomic E-state index is 12.0. The first-order chi connectivity index (χ1) is 14.3. The molecular weight excluding hydrogens is 447 g/mol. The van der Waals surface area contributed by atoms with Crippen molar-refractivity contribution >= 4 is 22.1 Å². The van der Waals surface area contributed by atoms with E-state index in [4.69, 9.17) is 9.47 Å². The van der Waals surface area contributed by atoms with Gasteiger partial charge < -0.3 is 10.9 Å². The zero-order valence-electron chi connectivity index (χ0n) is 20.9. The predicted octanol–water partition coefficient (Wildman–Crippen LogP) is 2.34. The molecule has 0 aliphatic carbocycles. The molecule has 1 unspecified atom stereocenters. The van der Waals surface area contributed by atoms with E-state index in [0.717, 1.165) is 38.5 Å². The van der Waals surface area contributed by atoms with Gasteiger partial charge in [-0.05, 0) is 12.8 Å². The minimum absolute atomic E-state index is 0. The van der Waals surface area contributed by atoms with E-state index in [9.17, 15) is 22.6 Å². The number of esters is 2. The molecule has 0 rings (SSSR count). The second kappa shape index (κ2) is 22.3. The molecule has 0 aliphatic rings. The van der Waals surface area contributed by atoms with Gasteiger partial charge in [-0.2, -0.15) is 8.42 Å². The van der Waals surface area contributed by atoms with Gasteiger partial charge in [0, 0.05) is 0 Å². The number of carbonyl (C=O) groups excluding carboxylic acids is 2. The molecule has 1 atom stereocenters. The third-order valence-corrected chi connectivity index (χ3v) is 6.06. The molecule has 0 fully saturated rings. The van der Waals surface area contributed by atoms with Crippen LogP contribution in [0.5, 0.6) is 0 Å². The van der Waals surface area contributed by atoms with Gasteiger partial charge in [0.1, 0.15) is 0 Å². The minimum Gasteiger partial charge on any atom is -1.00 e. The van der Waals surface area contributed by atoms with Gasteiger partial charge in [-0.25, -0.2) is 0 Å². The maximum absolute atomic E-state index is 12.0. The molecule has 0 saturated carbocycles. The van der Waals surface area contributed by atoms with Crippen LogP contribution in [0, 0.1) is 0 Å². The van der Waals surface area contributed by atoms with Crippen LogP contribution in [0.15, 0.2) is 0 Å². The zero-order valence-corrected chi connectivity index (χ0v) is 23.8. The number of carbonyl (C=O) groups is 2. The van der Waals surface area contributed by atoms with Crippen molar-refractivity contribution in [3.63, 3.8) is 0 Å². The molecule has 180 valence electrons. The summed E-state index contributed by atoms with van der Waals surface area (Å²) in [6, 6.07) is 0. The van der Waals surface area contributed by atoms with E-state index in [-0.39, 0.29) is 66.0 Å². The first-order valence-electron chi connectivity index (χ1n) is 11.6. The quantitative estimate of drug-likeness (QED) is 0.121. The summed E-state index contributed by atoms with van der Waals surface area (Å²) in [6.45, 7) is 4.56. The third-order valence-electron chi connectivity index (χ3n) is 4.98. The molecule has 0 aromatic heterocycles. The van der Waals surface area contributed by atoms with Crippen LogP contribution >= 0.6 is 0 Å². The average Bonchev–Trinajstić information content (AvgIpc) is 2.69. The van der Waals surface area contributed by atoms with Crippen molar-refractivity contribution in [2.75, 3.05) is 13.2 Å². The third kappa shape index (κ3) is 20.8. The Morgan fingerprint density at radius 1 is 0.742 bits per heavy atom.